The Morgan fingerprint density at radius 3 is 2.71 bits per heavy atom. The molecular weight excluding hydrogens is 358 g/mol. The summed E-state index contributed by atoms with van der Waals surface area (Å²) in [5.41, 5.74) is 1.57. The van der Waals surface area contributed by atoms with Crippen LogP contribution >= 0.6 is 27.5 Å². The number of oxime groups is 1. The fraction of sp³-hybridized carbons (Fsp3) is 0.133. The van der Waals surface area contributed by atoms with Gasteiger partial charge in [0.25, 0.3) is 0 Å². The number of rotatable bonds is 5. The lowest BCUT2D eigenvalue weighted by Gasteiger charge is -2.13. The molecule has 0 amide bonds. The Kier molecular flexibility index (Phi) is 5.47. The van der Waals surface area contributed by atoms with Crippen molar-refractivity contribution in [3.05, 3.63) is 57.0 Å². The average Bonchev–Trinajstić information content (AvgIpc) is 2.49. The van der Waals surface area contributed by atoms with E-state index >= 15 is 0 Å². The van der Waals surface area contributed by atoms with Crippen molar-refractivity contribution in [2.24, 2.45) is 5.16 Å². The first-order chi connectivity index (χ1) is 10.2. The second kappa shape index (κ2) is 7.33. The largest absolute Gasteiger partial charge is 0.493 e. The summed E-state index contributed by atoms with van der Waals surface area (Å²) < 4.78 is 11.8. The van der Waals surface area contributed by atoms with Gasteiger partial charge in [-0.2, -0.15) is 0 Å². The molecule has 110 valence electrons. The first kappa shape index (κ1) is 15.7. The van der Waals surface area contributed by atoms with Crippen molar-refractivity contribution in [3.8, 4) is 11.5 Å². The first-order valence-corrected chi connectivity index (χ1v) is 7.24. The molecule has 0 aromatic heterocycles. The van der Waals surface area contributed by atoms with Crippen LogP contribution in [-0.4, -0.2) is 18.5 Å². The summed E-state index contributed by atoms with van der Waals surface area (Å²) in [6, 6.07) is 11.0. The normalized spacial score (nSPS) is 10.8. The maximum absolute atomic E-state index is 8.62. The van der Waals surface area contributed by atoms with E-state index in [-0.39, 0.29) is 0 Å². The number of benzene rings is 2. The van der Waals surface area contributed by atoms with Crippen molar-refractivity contribution in [2.75, 3.05) is 7.11 Å². The Bertz CT molecular complexity index is 661. The zero-order valence-corrected chi connectivity index (χ0v) is 13.6. The van der Waals surface area contributed by atoms with Crippen LogP contribution in [0.25, 0.3) is 0 Å². The quantitative estimate of drug-likeness (QED) is 0.479. The highest BCUT2D eigenvalue weighted by molar-refractivity contribution is 9.10. The van der Waals surface area contributed by atoms with Gasteiger partial charge in [0.1, 0.15) is 6.61 Å². The zero-order valence-electron chi connectivity index (χ0n) is 11.2. The lowest BCUT2D eigenvalue weighted by atomic mass is 10.2. The van der Waals surface area contributed by atoms with E-state index in [9.17, 15) is 0 Å². The third-order valence-corrected chi connectivity index (χ3v) is 3.88. The van der Waals surface area contributed by atoms with E-state index < -0.39 is 0 Å². The Labute approximate surface area is 136 Å². The molecule has 0 saturated carbocycles. The molecule has 0 radical (unpaired) electrons. The monoisotopic (exact) mass is 369 g/mol. The second-order valence-electron chi connectivity index (χ2n) is 4.15. The van der Waals surface area contributed by atoms with Gasteiger partial charge in [0.2, 0.25) is 0 Å². The minimum absolute atomic E-state index is 0.329. The Balaban J connectivity index is 2.24. The highest BCUT2D eigenvalue weighted by atomic mass is 79.9. The van der Waals surface area contributed by atoms with E-state index in [0.29, 0.717) is 28.7 Å². The van der Waals surface area contributed by atoms with E-state index in [1.54, 1.807) is 19.2 Å². The lowest BCUT2D eigenvalue weighted by molar-refractivity contribution is 0.284. The second-order valence-corrected chi connectivity index (χ2v) is 5.41. The molecule has 1 N–H and O–H groups in total. The van der Waals surface area contributed by atoms with E-state index in [4.69, 9.17) is 26.3 Å². The molecule has 0 spiro atoms. The van der Waals surface area contributed by atoms with Crippen molar-refractivity contribution in [3.63, 3.8) is 0 Å². The molecule has 0 saturated heterocycles. The van der Waals surface area contributed by atoms with Crippen LogP contribution in [0.15, 0.2) is 46.0 Å². The van der Waals surface area contributed by atoms with Crippen molar-refractivity contribution in [2.45, 2.75) is 6.61 Å². The minimum atomic E-state index is 0.329. The number of ether oxygens (including phenoxy) is 2. The van der Waals surface area contributed by atoms with Gasteiger partial charge in [-0.1, -0.05) is 35.0 Å². The first-order valence-electron chi connectivity index (χ1n) is 6.07. The highest BCUT2D eigenvalue weighted by Crippen LogP contribution is 2.33. The third kappa shape index (κ3) is 3.89. The molecule has 0 aliphatic carbocycles. The maximum atomic E-state index is 8.62. The number of nitrogens with zero attached hydrogens (tertiary/aromatic N) is 1. The van der Waals surface area contributed by atoms with Crippen LogP contribution in [0.4, 0.5) is 0 Å². The number of halogens is 2. The molecule has 0 atom stereocenters. The predicted molar refractivity (Wildman–Crippen MR) is 85.9 cm³/mol. The lowest BCUT2D eigenvalue weighted by Crippen LogP contribution is -1.99. The van der Waals surface area contributed by atoms with Gasteiger partial charge < -0.3 is 14.7 Å². The van der Waals surface area contributed by atoms with E-state index in [2.05, 4.69) is 21.1 Å². The highest BCUT2D eigenvalue weighted by Gasteiger charge is 2.10. The number of hydrogen-bond donors (Lipinski definition) is 1. The Morgan fingerprint density at radius 1 is 1.29 bits per heavy atom. The maximum Gasteiger partial charge on any atom is 0.162 e. The van der Waals surface area contributed by atoms with Crippen LogP contribution in [0.2, 0.25) is 5.02 Å². The standard InChI is InChI=1S/C15H13BrClNO3/c1-20-14-6-11(8-18-19)12(16)7-15(14)21-9-10-4-2-3-5-13(10)17/h2-8,19H,9H2,1H3/b18-8-. The summed E-state index contributed by atoms with van der Waals surface area (Å²) >= 11 is 9.48. The molecular formula is C15H13BrClNO3. The van der Waals surface area contributed by atoms with Crippen molar-refractivity contribution in [1.29, 1.82) is 0 Å². The molecule has 0 heterocycles. The molecule has 0 bridgehead atoms. The van der Waals surface area contributed by atoms with Gasteiger partial charge in [0.05, 0.1) is 13.3 Å². The molecule has 0 unspecified atom stereocenters. The Morgan fingerprint density at radius 2 is 2.05 bits per heavy atom. The Hall–Kier alpha value is -1.72. The van der Waals surface area contributed by atoms with E-state index in [1.807, 2.05) is 24.3 Å². The van der Waals surface area contributed by atoms with Gasteiger partial charge in [-0.3, -0.25) is 0 Å². The summed E-state index contributed by atoms with van der Waals surface area (Å²) in [6.07, 6.45) is 1.31. The summed E-state index contributed by atoms with van der Waals surface area (Å²) in [7, 11) is 1.55. The van der Waals surface area contributed by atoms with E-state index in [1.165, 1.54) is 6.21 Å². The number of hydrogen-bond acceptors (Lipinski definition) is 4. The number of methoxy groups -OCH3 is 1. The van der Waals surface area contributed by atoms with Crippen LogP contribution < -0.4 is 9.47 Å². The molecule has 2 aromatic rings. The molecule has 0 aliphatic heterocycles. The van der Waals surface area contributed by atoms with Crippen LogP contribution in [0, 0.1) is 0 Å². The fourth-order valence-corrected chi connectivity index (χ4v) is 2.37. The predicted octanol–water partition coefficient (Wildman–Crippen LogP) is 4.50. The van der Waals surface area contributed by atoms with Gasteiger partial charge in [-0.15, -0.1) is 0 Å². The topological polar surface area (TPSA) is 51.0 Å². The summed E-state index contributed by atoms with van der Waals surface area (Å²) in [4.78, 5) is 0. The van der Waals surface area contributed by atoms with Crippen LogP contribution in [0.5, 0.6) is 11.5 Å². The molecule has 4 nitrogen and oxygen atoms in total. The summed E-state index contributed by atoms with van der Waals surface area (Å²) in [6.45, 7) is 0.329. The fourth-order valence-electron chi connectivity index (χ4n) is 1.76. The van der Waals surface area contributed by atoms with Crippen LogP contribution in [0.3, 0.4) is 0 Å². The van der Waals surface area contributed by atoms with Crippen LogP contribution in [0.1, 0.15) is 11.1 Å². The van der Waals surface area contributed by atoms with Gasteiger partial charge >= 0.3 is 0 Å². The molecule has 0 fully saturated rings. The molecule has 6 heteroatoms. The van der Waals surface area contributed by atoms with Gasteiger partial charge in [-0.05, 0) is 34.1 Å². The van der Waals surface area contributed by atoms with E-state index in [0.717, 1.165) is 10.0 Å². The molecule has 21 heavy (non-hydrogen) atoms. The molecule has 2 aromatic carbocycles. The SMILES string of the molecule is COc1cc(/C=N\O)c(Br)cc1OCc1ccccc1Cl. The van der Waals surface area contributed by atoms with Gasteiger partial charge in [0.15, 0.2) is 11.5 Å². The van der Waals surface area contributed by atoms with Crippen molar-refractivity contribution >= 4 is 33.7 Å². The van der Waals surface area contributed by atoms with Crippen LogP contribution in [-0.2, 0) is 6.61 Å². The molecule has 0 aliphatic rings. The third-order valence-electron chi connectivity index (χ3n) is 2.82. The summed E-state index contributed by atoms with van der Waals surface area (Å²) in [5, 5.41) is 12.3. The summed E-state index contributed by atoms with van der Waals surface area (Å²) in [5.74, 6) is 1.11. The minimum Gasteiger partial charge on any atom is -0.493 e. The van der Waals surface area contributed by atoms with Crippen molar-refractivity contribution < 1.29 is 14.7 Å². The smallest absolute Gasteiger partial charge is 0.162 e. The average molecular weight is 371 g/mol. The zero-order chi connectivity index (χ0) is 15.2. The van der Waals surface area contributed by atoms with Gasteiger partial charge in [-0.25, -0.2) is 0 Å². The molecule has 2 rings (SSSR count). The van der Waals surface area contributed by atoms with Gasteiger partial charge in [0, 0.05) is 20.6 Å². The van der Waals surface area contributed by atoms with Crippen molar-refractivity contribution in [1.82, 2.24) is 0 Å².